The molecule has 0 radical (unpaired) electrons. The lowest BCUT2D eigenvalue weighted by Crippen LogP contribution is -2.16. The maximum atomic E-state index is 13.4. The predicted molar refractivity (Wildman–Crippen MR) is 65.4 cm³/mol. The molecule has 1 N–H and O–H groups in total. The highest BCUT2D eigenvalue weighted by Gasteiger charge is 2.22. The normalized spacial score (nSPS) is 10.4. The summed E-state index contributed by atoms with van der Waals surface area (Å²) < 4.78 is 52.2. The Morgan fingerprint density at radius 2 is 1.55 bits per heavy atom. The van der Waals surface area contributed by atoms with Crippen molar-refractivity contribution in [1.82, 2.24) is 0 Å². The van der Waals surface area contributed by atoms with Crippen LogP contribution in [0.4, 0.5) is 23.2 Å². The monoisotopic (exact) mass is 283 g/mol. The molecule has 0 aliphatic carbocycles. The van der Waals surface area contributed by atoms with Gasteiger partial charge in [-0.05, 0) is 25.1 Å². The van der Waals surface area contributed by atoms with E-state index in [9.17, 15) is 22.4 Å². The number of carbonyl (C=O) groups is 1. The summed E-state index contributed by atoms with van der Waals surface area (Å²) >= 11 is 0. The fourth-order valence-corrected chi connectivity index (χ4v) is 1.57. The third-order valence-corrected chi connectivity index (χ3v) is 2.66. The number of anilines is 1. The molecule has 0 heterocycles. The highest BCUT2D eigenvalue weighted by Crippen LogP contribution is 2.20. The second-order valence-corrected chi connectivity index (χ2v) is 4.17. The zero-order valence-electron chi connectivity index (χ0n) is 10.3. The number of aryl methyl sites for hydroxylation is 1. The van der Waals surface area contributed by atoms with Crippen LogP contribution >= 0.6 is 0 Å². The number of amides is 1. The Balaban J connectivity index is 2.32. The van der Waals surface area contributed by atoms with Crippen LogP contribution < -0.4 is 5.32 Å². The fraction of sp³-hybridized carbons (Fsp3) is 0.0714. The van der Waals surface area contributed by atoms with Crippen LogP contribution in [0, 0.1) is 30.2 Å². The largest absolute Gasteiger partial charge is 0.322 e. The van der Waals surface area contributed by atoms with Gasteiger partial charge in [-0.25, -0.2) is 17.6 Å². The zero-order chi connectivity index (χ0) is 14.9. The van der Waals surface area contributed by atoms with Crippen LogP contribution in [-0.4, -0.2) is 5.91 Å². The summed E-state index contributed by atoms with van der Waals surface area (Å²) in [6.07, 6.45) is 0. The average Bonchev–Trinajstić information content (AvgIpc) is 2.43. The summed E-state index contributed by atoms with van der Waals surface area (Å²) in [7, 11) is 0. The number of hydrogen-bond donors (Lipinski definition) is 1. The Labute approximate surface area is 112 Å². The molecule has 2 aromatic rings. The molecule has 0 aliphatic heterocycles. The molecule has 2 nitrogen and oxygen atoms in total. The highest BCUT2D eigenvalue weighted by molar-refractivity contribution is 6.04. The van der Waals surface area contributed by atoms with Crippen molar-refractivity contribution in [3.8, 4) is 0 Å². The molecule has 6 heteroatoms. The van der Waals surface area contributed by atoms with Crippen LogP contribution in [0.2, 0.25) is 0 Å². The van der Waals surface area contributed by atoms with Gasteiger partial charge in [-0.2, -0.15) is 0 Å². The van der Waals surface area contributed by atoms with Crippen molar-refractivity contribution in [1.29, 1.82) is 0 Å². The SMILES string of the molecule is Cc1ccc(NC(=O)c2cc(F)c(F)c(F)c2F)cc1. The van der Waals surface area contributed by atoms with Gasteiger partial charge in [0.25, 0.3) is 5.91 Å². The third kappa shape index (κ3) is 2.64. The van der Waals surface area contributed by atoms with Gasteiger partial charge >= 0.3 is 0 Å². The maximum absolute atomic E-state index is 13.4. The van der Waals surface area contributed by atoms with Crippen LogP contribution in [0.15, 0.2) is 30.3 Å². The van der Waals surface area contributed by atoms with Gasteiger partial charge in [0.1, 0.15) is 0 Å². The van der Waals surface area contributed by atoms with Crippen LogP contribution in [0.5, 0.6) is 0 Å². The molecule has 0 aromatic heterocycles. The molecule has 20 heavy (non-hydrogen) atoms. The van der Waals surface area contributed by atoms with E-state index in [2.05, 4.69) is 5.32 Å². The van der Waals surface area contributed by atoms with Crippen molar-refractivity contribution >= 4 is 11.6 Å². The van der Waals surface area contributed by atoms with E-state index in [1.54, 1.807) is 24.3 Å². The first-order valence-corrected chi connectivity index (χ1v) is 5.61. The lowest BCUT2D eigenvalue weighted by molar-refractivity contribution is 0.102. The van der Waals surface area contributed by atoms with E-state index in [1.165, 1.54) is 0 Å². The Bertz CT molecular complexity index is 668. The second-order valence-electron chi connectivity index (χ2n) is 4.17. The smallest absolute Gasteiger partial charge is 0.258 e. The Morgan fingerprint density at radius 3 is 2.15 bits per heavy atom. The molecule has 0 saturated heterocycles. The van der Waals surface area contributed by atoms with Gasteiger partial charge < -0.3 is 5.32 Å². The standard InChI is InChI=1S/C14H9F4NO/c1-7-2-4-8(5-3-7)19-14(20)9-6-10(15)12(17)13(18)11(9)16/h2-6H,1H3,(H,19,20). The van der Waals surface area contributed by atoms with E-state index in [1.807, 2.05) is 6.92 Å². The van der Waals surface area contributed by atoms with E-state index in [0.29, 0.717) is 11.8 Å². The minimum absolute atomic E-state index is 0.317. The summed E-state index contributed by atoms with van der Waals surface area (Å²) in [4.78, 5) is 11.7. The Hall–Kier alpha value is -2.37. The second kappa shape index (κ2) is 5.32. The van der Waals surface area contributed by atoms with Gasteiger partial charge in [-0.3, -0.25) is 4.79 Å². The number of benzene rings is 2. The van der Waals surface area contributed by atoms with Crippen LogP contribution in [0.3, 0.4) is 0 Å². The van der Waals surface area contributed by atoms with Gasteiger partial charge in [0.2, 0.25) is 0 Å². The van der Waals surface area contributed by atoms with Gasteiger partial charge in [0.15, 0.2) is 23.3 Å². The number of halogens is 4. The minimum atomic E-state index is -2.01. The first-order valence-electron chi connectivity index (χ1n) is 5.61. The van der Waals surface area contributed by atoms with Crippen LogP contribution in [0.1, 0.15) is 15.9 Å². The molecule has 1 amide bonds. The molecule has 0 fully saturated rings. The number of rotatable bonds is 2. The quantitative estimate of drug-likeness (QED) is 0.507. The van der Waals surface area contributed by atoms with Crippen molar-refractivity contribution in [3.63, 3.8) is 0 Å². The highest BCUT2D eigenvalue weighted by atomic mass is 19.2. The fourth-order valence-electron chi connectivity index (χ4n) is 1.57. The number of hydrogen-bond acceptors (Lipinski definition) is 1. The number of carbonyl (C=O) groups excluding carboxylic acids is 1. The summed E-state index contributed by atoms with van der Waals surface area (Å²) in [6, 6.07) is 6.79. The van der Waals surface area contributed by atoms with Crippen molar-refractivity contribution < 1.29 is 22.4 Å². The molecule has 2 aromatic carbocycles. The molecule has 0 spiro atoms. The number of nitrogens with one attached hydrogen (secondary N) is 1. The van der Waals surface area contributed by atoms with Gasteiger partial charge in [0.05, 0.1) is 5.56 Å². The summed E-state index contributed by atoms with van der Waals surface area (Å²) in [6.45, 7) is 1.83. The van der Waals surface area contributed by atoms with Crippen molar-refractivity contribution in [3.05, 3.63) is 64.7 Å². The molecule has 0 unspecified atom stereocenters. The molecule has 0 aliphatic rings. The van der Waals surface area contributed by atoms with Gasteiger partial charge in [-0.1, -0.05) is 17.7 Å². The molecule has 0 saturated carbocycles. The molecule has 2 rings (SSSR count). The van der Waals surface area contributed by atoms with E-state index < -0.39 is 34.7 Å². The van der Waals surface area contributed by atoms with E-state index in [4.69, 9.17) is 0 Å². The van der Waals surface area contributed by atoms with Crippen LogP contribution in [-0.2, 0) is 0 Å². The van der Waals surface area contributed by atoms with Crippen molar-refractivity contribution in [2.45, 2.75) is 6.92 Å². The molecule has 0 atom stereocenters. The summed E-state index contributed by atoms with van der Waals surface area (Å²) in [5.74, 6) is -8.39. The first kappa shape index (κ1) is 14.0. The van der Waals surface area contributed by atoms with E-state index in [-0.39, 0.29) is 0 Å². The molecule has 104 valence electrons. The lowest BCUT2D eigenvalue weighted by atomic mass is 10.1. The van der Waals surface area contributed by atoms with Crippen LogP contribution in [0.25, 0.3) is 0 Å². The topological polar surface area (TPSA) is 29.1 Å². The van der Waals surface area contributed by atoms with E-state index in [0.717, 1.165) is 5.56 Å². The summed E-state index contributed by atoms with van der Waals surface area (Å²) in [5, 5.41) is 2.27. The minimum Gasteiger partial charge on any atom is -0.322 e. The molecular weight excluding hydrogens is 274 g/mol. The zero-order valence-corrected chi connectivity index (χ0v) is 10.3. The molecule has 0 bridgehead atoms. The molecular formula is C14H9F4NO. The average molecular weight is 283 g/mol. The van der Waals surface area contributed by atoms with Crippen molar-refractivity contribution in [2.24, 2.45) is 0 Å². The van der Waals surface area contributed by atoms with E-state index >= 15 is 0 Å². The van der Waals surface area contributed by atoms with Crippen molar-refractivity contribution in [2.75, 3.05) is 5.32 Å². The third-order valence-electron chi connectivity index (χ3n) is 2.66. The maximum Gasteiger partial charge on any atom is 0.258 e. The van der Waals surface area contributed by atoms with Gasteiger partial charge in [0, 0.05) is 5.69 Å². The first-order chi connectivity index (χ1) is 9.40. The van der Waals surface area contributed by atoms with Gasteiger partial charge in [-0.15, -0.1) is 0 Å². The summed E-state index contributed by atoms with van der Waals surface area (Å²) in [5.41, 5.74) is 0.361. The lowest BCUT2D eigenvalue weighted by Gasteiger charge is -2.08. The predicted octanol–water partition coefficient (Wildman–Crippen LogP) is 3.80. The Morgan fingerprint density at radius 1 is 0.950 bits per heavy atom. The Kier molecular flexibility index (Phi) is 3.74.